The van der Waals surface area contributed by atoms with Gasteiger partial charge in [-0.15, -0.1) is 0 Å². The third-order valence-corrected chi connectivity index (χ3v) is 4.05. The van der Waals surface area contributed by atoms with Gasteiger partial charge in [-0.25, -0.2) is 0 Å². The number of anilines is 1. The SMILES string of the molecule is CC(C)Oc1ccc(C(C)(C)c2ccc(N(C)C)cc2)cc1. The van der Waals surface area contributed by atoms with Gasteiger partial charge >= 0.3 is 0 Å². The summed E-state index contributed by atoms with van der Waals surface area (Å²) in [4.78, 5) is 2.12. The summed E-state index contributed by atoms with van der Waals surface area (Å²) in [6, 6.07) is 17.2. The van der Waals surface area contributed by atoms with Crippen LogP contribution < -0.4 is 9.64 Å². The first-order valence-electron chi connectivity index (χ1n) is 7.86. The van der Waals surface area contributed by atoms with Crippen molar-refractivity contribution >= 4 is 5.69 Å². The molecule has 0 fully saturated rings. The van der Waals surface area contributed by atoms with Crippen molar-refractivity contribution in [3.8, 4) is 5.75 Å². The highest BCUT2D eigenvalue weighted by Gasteiger charge is 2.23. The van der Waals surface area contributed by atoms with Gasteiger partial charge in [0.25, 0.3) is 0 Å². The minimum atomic E-state index is -0.0266. The van der Waals surface area contributed by atoms with Crippen molar-refractivity contribution in [3.05, 3.63) is 59.7 Å². The zero-order valence-corrected chi connectivity index (χ0v) is 14.6. The molecule has 0 bridgehead atoms. The lowest BCUT2D eigenvalue weighted by Gasteiger charge is -2.27. The molecule has 2 aromatic carbocycles. The fourth-order valence-electron chi connectivity index (χ4n) is 2.57. The first kappa shape index (κ1) is 16.4. The van der Waals surface area contributed by atoms with E-state index in [4.69, 9.17) is 4.74 Å². The van der Waals surface area contributed by atoms with Crippen LogP contribution in [0.2, 0.25) is 0 Å². The molecule has 0 unspecified atom stereocenters. The van der Waals surface area contributed by atoms with Gasteiger partial charge in [-0.1, -0.05) is 38.1 Å². The summed E-state index contributed by atoms with van der Waals surface area (Å²) in [5.74, 6) is 0.928. The first-order chi connectivity index (χ1) is 10.3. The minimum Gasteiger partial charge on any atom is -0.491 e. The number of rotatable bonds is 5. The van der Waals surface area contributed by atoms with Crippen LogP contribution in [0.25, 0.3) is 0 Å². The Hall–Kier alpha value is -1.96. The second-order valence-electron chi connectivity index (χ2n) is 6.76. The molecule has 0 atom stereocenters. The average Bonchev–Trinajstić information content (AvgIpc) is 2.47. The van der Waals surface area contributed by atoms with Crippen LogP contribution in [0, 0.1) is 0 Å². The molecule has 0 aliphatic rings. The number of hydrogen-bond donors (Lipinski definition) is 0. The second kappa shape index (κ2) is 6.43. The Kier molecular flexibility index (Phi) is 4.80. The summed E-state index contributed by atoms with van der Waals surface area (Å²) >= 11 is 0. The van der Waals surface area contributed by atoms with E-state index in [0.29, 0.717) is 0 Å². The molecule has 0 spiro atoms. The fraction of sp³-hybridized carbons (Fsp3) is 0.400. The normalized spacial score (nSPS) is 11.6. The third kappa shape index (κ3) is 3.62. The number of benzene rings is 2. The Morgan fingerprint density at radius 3 is 1.68 bits per heavy atom. The Labute approximate surface area is 134 Å². The maximum Gasteiger partial charge on any atom is 0.119 e. The van der Waals surface area contributed by atoms with Gasteiger partial charge in [-0.2, -0.15) is 0 Å². The van der Waals surface area contributed by atoms with E-state index < -0.39 is 0 Å². The second-order valence-corrected chi connectivity index (χ2v) is 6.76. The molecule has 0 saturated carbocycles. The van der Waals surface area contributed by atoms with E-state index in [0.717, 1.165) is 5.75 Å². The van der Waals surface area contributed by atoms with Crippen molar-refractivity contribution in [3.63, 3.8) is 0 Å². The Morgan fingerprint density at radius 1 is 0.818 bits per heavy atom. The van der Waals surface area contributed by atoms with Gasteiger partial charge in [-0.05, 0) is 49.2 Å². The average molecular weight is 297 g/mol. The van der Waals surface area contributed by atoms with Crippen LogP contribution in [0.5, 0.6) is 5.75 Å². The van der Waals surface area contributed by atoms with Crippen LogP contribution in [-0.4, -0.2) is 20.2 Å². The van der Waals surface area contributed by atoms with Gasteiger partial charge in [0, 0.05) is 25.2 Å². The highest BCUT2D eigenvalue weighted by Crippen LogP contribution is 2.33. The molecule has 0 aliphatic heterocycles. The number of hydrogen-bond acceptors (Lipinski definition) is 2. The molecule has 0 aliphatic carbocycles. The zero-order chi connectivity index (χ0) is 16.3. The standard InChI is InChI=1S/C20H27NO/c1-15(2)22-19-13-9-17(10-14-19)20(3,4)16-7-11-18(12-8-16)21(5)6/h7-15H,1-6H3. The predicted octanol–water partition coefficient (Wildman–Crippen LogP) is 4.87. The van der Waals surface area contributed by atoms with Crippen molar-refractivity contribution in [1.29, 1.82) is 0 Å². The van der Waals surface area contributed by atoms with Crippen LogP contribution in [0.3, 0.4) is 0 Å². The molecule has 0 saturated heterocycles. The summed E-state index contributed by atoms with van der Waals surface area (Å²) in [5.41, 5.74) is 3.80. The van der Waals surface area contributed by atoms with Gasteiger partial charge < -0.3 is 9.64 Å². The molecular weight excluding hydrogens is 270 g/mol. The molecule has 0 radical (unpaired) electrons. The Bertz CT molecular complexity index is 595. The van der Waals surface area contributed by atoms with Gasteiger partial charge in [-0.3, -0.25) is 0 Å². The van der Waals surface area contributed by atoms with Crippen LogP contribution in [0.1, 0.15) is 38.8 Å². The van der Waals surface area contributed by atoms with E-state index in [-0.39, 0.29) is 11.5 Å². The lowest BCUT2D eigenvalue weighted by Crippen LogP contribution is -2.19. The van der Waals surface area contributed by atoms with Crippen molar-refractivity contribution < 1.29 is 4.74 Å². The largest absolute Gasteiger partial charge is 0.491 e. The molecule has 0 heterocycles. The van der Waals surface area contributed by atoms with Gasteiger partial charge in [0.05, 0.1) is 6.10 Å². The summed E-state index contributed by atoms with van der Waals surface area (Å²) < 4.78 is 5.72. The maximum absolute atomic E-state index is 5.72. The van der Waals surface area contributed by atoms with Crippen molar-refractivity contribution in [2.75, 3.05) is 19.0 Å². The third-order valence-electron chi connectivity index (χ3n) is 4.05. The lowest BCUT2D eigenvalue weighted by molar-refractivity contribution is 0.242. The van der Waals surface area contributed by atoms with E-state index in [9.17, 15) is 0 Å². The summed E-state index contributed by atoms with van der Waals surface area (Å²) in [6.45, 7) is 8.61. The molecule has 2 aromatic rings. The van der Waals surface area contributed by atoms with Crippen LogP contribution in [0.15, 0.2) is 48.5 Å². The number of nitrogens with zero attached hydrogens (tertiary/aromatic N) is 1. The molecule has 2 rings (SSSR count). The van der Waals surface area contributed by atoms with Gasteiger partial charge in [0.1, 0.15) is 5.75 Å². The summed E-state index contributed by atoms with van der Waals surface area (Å²) in [6.07, 6.45) is 0.206. The highest BCUT2D eigenvalue weighted by atomic mass is 16.5. The molecular formula is C20H27NO. The maximum atomic E-state index is 5.72. The lowest BCUT2D eigenvalue weighted by atomic mass is 9.78. The van der Waals surface area contributed by atoms with E-state index in [1.807, 2.05) is 13.8 Å². The predicted molar refractivity (Wildman–Crippen MR) is 95.1 cm³/mol. The van der Waals surface area contributed by atoms with Crippen molar-refractivity contribution in [2.24, 2.45) is 0 Å². The molecule has 0 aromatic heterocycles. The van der Waals surface area contributed by atoms with Gasteiger partial charge in [0.2, 0.25) is 0 Å². The van der Waals surface area contributed by atoms with Gasteiger partial charge in [0.15, 0.2) is 0 Å². The van der Waals surface area contributed by atoms with Crippen LogP contribution in [0.4, 0.5) is 5.69 Å². The minimum absolute atomic E-state index is 0.0266. The monoisotopic (exact) mass is 297 g/mol. The van der Waals surface area contributed by atoms with E-state index >= 15 is 0 Å². The van der Waals surface area contributed by atoms with Crippen molar-refractivity contribution in [1.82, 2.24) is 0 Å². The Balaban J connectivity index is 2.25. The fourth-order valence-corrected chi connectivity index (χ4v) is 2.57. The Morgan fingerprint density at radius 2 is 1.27 bits per heavy atom. The molecule has 118 valence electrons. The smallest absolute Gasteiger partial charge is 0.119 e. The molecule has 2 nitrogen and oxygen atoms in total. The first-order valence-corrected chi connectivity index (χ1v) is 7.86. The van der Waals surface area contributed by atoms with Crippen LogP contribution >= 0.6 is 0 Å². The van der Waals surface area contributed by atoms with Crippen LogP contribution in [-0.2, 0) is 5.41 Å². The summed E-state index contributed by atoms with van der Waals surface area (Å²) in [5, 5.41) is 0. The van der Waals surface area contributed by atoms with Crippen molar-refractivity contribution in [2.45, 2.75) is 39.2 Å². The van der Waals surface area contributed by atoms with E-state index in [1.54, 1.807) is 0 Å². The quantitative estimate of drug-likeness (QED) is 0.781. The zero-order valence-electron chi connectivity index (χ0n) is 14.6. The highest BCUT2D eigenvalue weighted by molar-refractivity contribution is 5.49. The topological polar surface area (TPSA) is 12.5 Å². The summed E-state index contributed by atoms with van der Waals surface area (Å²) in [7, 11) is 4.13. The molecule has 2 heteroatoms. The molecule has 0 amide bonds. The molecule has 0 N–H and O–H groups in total. The molecule has 22 heavy (non-hydrogen) atoms. The number of ether oxygens (including phenoxy) is 1. The van der Waals surface area contributed by atoms with E-state index in [2.05, 4.69) is 81.4 Å². The van der Waals surface area contributed by atoms with E-state index in [1.165, 1.54) is 16.8 Å².